The highest BCUT2D eigenvalue weighted by Crippen LogP contribution is 2.17. The molecule has 21 heavy (non-hydrogen) atoms. The van der Waals surface area contributed by atoms with Crippen LogP contribution in [0, 0.1) is 13.8 Å². The van der Waals surface area contributed by atoms with Crippen molar-refractivity contribution in [3.05, 3.63) is 53.6 Å². The fraction of sp³-hybridized carbons (Fsp3) is 0.125. The van der Waals surface area contributed by atoms with Crippen LogP contribution in [-0.2, 0) is 9.59 Å². The Bertz CT molecular complexity index is 696. The van der Waals surface area contributed by atoms with Gasteiger partial charge in [-0.05, 0) is 43.2 Å². The Morgan fingerprint density at radius 2 is 1.67 bits per heavy atom. The number of phenolic OH excluding ortho intramolecular Hbond substituents is 1. The van der Waals surface area contributed by atoms with E-state index < -0.39 is 11.8 Å². The smallest absolute Gasteiger partial charge is 0.314 e. The van der Waals surface area contributed by atoms with Crippen molar-refractivity contribution < 1.29 is 14.7 Å². The topological polar surface area (TPSA) is 78.4 Å². The molecular weight excluding hydrogens is 268 g/mol. The maximum absolute atomic E-state index is 11.9. The van der Waals surface area contributed by atoms with E-state index >= 15 is 0 Å². The summed E-state index contributed by atoms with van der Waals surface area (Å²) in [7, 11) is 0. The van der Waals surface area contributed by atoms with Crippen molar-refractivity contribution >= 4 is 23.2 Å². The lowest BCUT2D eigenvalue weighted by molar-refractivity contribution is -0.133. The second-order valence-corrected chi connectivity index (χ2v) is 4.78. The quantitative estimate of drug-likeness (QED) is 0.742. The monoisotopic (exact) mass is 284 g/mol. The largest absolute Gasteiger partial charge is 0.508 e. The Kier molecular flexibility index (Phi) is 4.23. The number of nitrogens with one attached hydrogen (secondary N) is 2. The van der Waals surface area contributed by atoms with Crippen LogP contribution in [0.25, 0.3) is 0 Å². The van der Waals surface area contributed by atoms with Crippen molar-refractivity contribution in [3.63, 3.8) is 0 Å². The minimum Gasteiger partial charge on any atom is -0.508 e. The van der Waals surface area contributed by atoms with E-state index in [0.717, 1.165) is 11.1 Å². The van der Waals surface area contributed by atoms with Gasteiger partial charge < -0.3 is 15.7 Å². The molecule has 0 saturated carbocycles. The van der Waals surface area contributed by atoms with Crippen LogP contribution in [-0.4, -0.2) is 16.9 Å². The molecule has 0 unspecified atom stereocenters. The first-order valence-corrected chi connectivity index (χ1v) is 6.44. The molecule has 0 fully saturated rings. The van der Waals surface area contributed by atoms with Gasteiger partial charge in [0.1, 0.15) is 5.75 Å². The first kappa shape index (κ1) is 14.6. The van der Waals surface area contributed by atoms with Crippen LogP contribution in [0.1, 0.15) is 11.1 Å². The van der Waals surface area contributed by atoms with Crippen molar-refractivity contribution in [2.24, 2.45) is 0 Å². The summed E-state index contributed by atoms with van der Waals surface area (Å²) >= 11 is 0. The summed E-state index contributed by atoms with van der Waals surface area (Å²) in [5.41, 5.74) is 2.82. The molecule has 0 saturated heterocycles. The molecule has 2 rings (SSSR count). The molecule has 0 aromatic heterocycles. The summed E-state index contributed by atoms with van der Waals surface area (Å²) in [5, 5.41) is 14.3. The van der Waals surface area contributed by atoms with E-state index in [1.807, 2.05) is 26.0 Å². The Labute approximate surface area is 122 Å². The van der Waals surface area contributed by atoms with Crippen molar-refractivity contribution in [1.82, 2.24) is 0 Å². The number of phenols is 1. The molecule has 0 aliphatic carbocycles. The third-order valence-corrected chi connectivity index (χ3v) is 2.95. The first-order chi connectivity index (χ1) is 9.95. The summed E-state index contributed by atoms with van der Waals surface area (Å²) in [6.07, 6.45) is 0. The molecule has 0 aliphatic rings. The zero-order valence-electron chi connectivity index (χ0n) is 11.8. The van der Waals surface area contributed by atoms with Crippen LogP contribution in [0.15, 0.2) is 42.5 Å². The molecule has 2 aromatic carbocycles. The highest BCUT2D eigenvalue weighted by molar-refractivity contribution is 6.43. The van der Waals surface area contributed by atoms with Crippen molar-refractivity contribution in [2.75, 3.05) is 10.6 Å². The average Bonchev–Trinajstić information content (AvgIpc) is 2.43. The van der Waals surface area contributed by atoms with Crippen LogP contribution in [0.5, 0.6) is 5.75 Å². The third-order valence-electron chi connectivity index (χ3n) is 2.95. The summed E-state index contributed by atoms with van der Waals surface area (Å²) in [6, 6.07) is 11.6. The second-order valence-electron chi connectivity index (χ2n) is 4.78. The number of aromatic hydroxyl groups is 1. The van der Waals surface area contributed by atoms with Crippen LogP contribution in [0.3, 0.4) is 0 Å². The maximum Gasteiger partial charge on any atom is 0.314 e. The van der Waals surface area contributed by atoms with Gasteiger partial charge in [-0.2, -0.15) is 0 Å². The Hall–Kier alpha value is -2.82. The number of benzene rings is 2. The van der Waals surface area contributed by atoms with E-state index in [1.54, 1.807) is 18.2 Å². The van der Waals surface area contributed by atoms with E-state index in [9.17, 15) is 14.7 Å². The normalized spacial score (nSPS) is 10.0. The standard InChI is InChI=1S/C16H16N2O3/c1-10-6-7-11(2)14(8-10)18-16(21)15(20)17-12-4-3-5-13(19)9-12/h3-9,19H,1-2H3,(H,17,20)(H,18,21). The molecule has 3 N–H and O–H groups in total. The molecular formula is C16H16N2O3. The van der Waals surface area contributed by atoms with Crippen molar-refractivity contribution in [3.8, 4) is 5.75 Å². The molecule has 5 heteroatoms. The third kappa shape index (κ3) is 3.82. The van der Waals surface area contributed by atoms with Gasteiger partial charge in [0.25, 0.3) is 0 Å². The summed E-state index contributed by atoms with van der Waals surface area (Å²) in [4.78, 5) is 23.7. The molecule has 0 radical (unpaired) electrons. The number of carbonyl (C=O) groups excluding carboxylic acids is 2. The summed E-state index contributed by atoms with van der Waals surface area (Å²) in [5.74, 6) is -1.53. The highest BCUT2D eigenvalue weighted by atomic mass is 16.3. The predicted molar refractivity (Wildman–Crippen MR) is 81.3 cm³/mol. The molecule has 0 spiro atoms. The lowest BCUT2D eigenvalue weighted by Gasteiger charge is -2.09. The van der Waals surface area contributed by atoms with Gasteiger partial charge >= 0.3 is 11.8 Å². The molecule has 2 amide bonds. The average molecular weight is 284 g/mol. The molecule has 0 bridgehead atoms. The highest BCUT2D eigenvalue weighted by Gasteiger charge is 2.15. The number of rotatable bonds is 2. The van der Waals surface area contributed by atoms with Crippen molar-refractivity contribution in [1.29, 1.82) is 0 Å². The molecule has 108 valence electrons. The Morgan fingerprint density at radius 3 is 2.38 bits per heavy atom. The van der Waals surface area contributed by atoms with Gasteiger partial charge in [-0.3, -0.25) is 9.59 Å². The molecule has 5 nitrogen and oxygen atoms in total. The molecule has 2 aromatic rings. The summed E-state index contributed by atoms with van der Waals surface area (Å²) in [6.45, 7) is 3.75. The minimum atomic E-state index is -0.790. The zero-order chi connectivity index (χ0) is 15.4. The van der Waals surface area contributed by atoms with E-state index in [-0.39, 0.29) is 5.75 Å². The maximum atomic E-state index is 11.9. The van der Waals surface area contributed by atoms with Gasteiger partial charge in [0.2, 0.25) is 0 Å². The molecule has 0 aliphatic heterocycles. The number of hydrogen-bond donors (Lipinski definition) is 3. The SMILES string of the molecule is Cc1ccc(C)c(NC(=O)C(=O)Nc2cccc(O)c2)c1. The fourth-order valence-electron chi connectivity index (χ4n) is 1.82. The van der Waals surface area contributed by atoms with Gasteiger partial charge in [-0.1, -0.05) is 18.2 Å². The van der Waals surface area contributed by atoms with E-state index in [2.05, 4.69) is 10.6 Å². The minimum absolute atomic E-state index is 0.0164. The van der Waals surface area contributed by atoms with Crippen LogP contribution < -0.4 is 10.6 Å². The van der Waals surface area contributed by atoms with E-state index in [1.165, 1.54) is 12.1 Å². The molecule has 0 atom stereocenters. The number of anilines is 2. The van der Waals surface area contributed by atoms with Gasteiger partial charge in [0.05, 0.1) is 0 Å². The lowest BCUT2D eigenvalue weighted by atomic mass is 10.1. The zero-order valence-corrected chi connectivity index (χ0v) is 11.8. The number of amides is 2. The van der Waals surface area contributed by atoms with Crippen LogP contribution in [0.2, 0.25) is 0 Å². The van der Waals surface area contributed by atoms with Gasteiger partial charge in [-0.25, -0.2) is 0 Å². The molecule has 0 heterocycles. The Balaban J connectivity index is 2.06. The van der Waals surface area contributed by atoms with Crippen LogP contribution in [0.4, 0.5) is 11.4 Å². The van der Waals surface area contributed by atoms with Crippen molar-refractivity contribution in [2.45, 2.75) is 13.8 Å². The van der Waals surface area contributed by atoms with Gasteiger partial charge in [0.15, 0.2) is 0 Å². The summed E-state index contributed by atoms with van der Waals surface area (Å²) < 4.78 is 0. The Morgan fingerprint density at radius 1 is 0.952 bits per heavy atom. The number of aryl methyl sites for hydroxylation is 2. The van der Waals surface area contributed by atoms with E-state index in [4.69, 9.17) is 0 Å². The fourth-order valence-corrected chi connectivity index (χ4v) is 1.82. The van der Waals surface area contributed by atoms with Gasteiger partial charge in [-0.15, -0.1) is 0 Å². The predicted octanol–water partition coefficient (Wildman–Crippen LogP) is 2.59. The lowest BCUT2D eigenvalue weighted by Crippen LogP contribution is -2.29. The van der Waals surface area contributed by atoms with E-state index in [0.29, 0.717) is 11.4 Å². The second kappa shape index (κ2) is 6.09. The number of carbonyl (C=O) groups is 2. The number of hydrogen-bond acceptors (Lipinski definition) is 3. The van der Waals surface area contributed by atoms with Crippen LogP contribution >= 0.6 is 0 Å². The first-order valence-electron chi connectivity index (χ1n) is 6.44. The van der Waals surface area contributed by atoms with Gasteiger partial charge in [0, 0.05) is 17.4 Å².